The summed E-state index contributed by atoms with van der Waals surface area (Å²) < 4.78 is 16.6. The number of unbranched alkanes of at least 4 members (excludes halogenated alkanes) is 14. The second-order valence-corrected chi connectivity index (χ2v) is 15.1. The van der Waals surface area contributed by atoms with Crippen LogP contribution in [0.5, 0.6) is 0 Å². The summed E-state index contributed by atoms with van der Waals surface area (Å²) in [5, 5.41) is 0. The summed E-state index contributed by atoms with van der Waals surface area (Å²) in [7, 11) is 0. The van der Waals surface area contributed by atoms with E-state index < -0.39 is 12.1 Å². The number of esters is 3. The van der Waals surface area contributed by atoms with Gasteiger partial charge in [-0.3, -0.25) is 14.4 Å². The zero-order valence-corrected chi connectivity index (χ0v) is 38.6. The van der Waals surface area contributed by atoms with Gasteiger partial charge in [-0.2, -0.15) is 0 Å². The van der Waals surface area contributed by atoms with Crippen LogP contribution in [0.1, 0.15) is 175 Å². The fourth-order valence-corrected chi connectivity index (χ4v) is 5.80. The second kappa shape index (κ2) is 48.2. The topological polar surface area (TPSA) is 78.9 Å². The molecular formula is C55H84O6. The molecule has 0 aliphatic carbocycles. The SMILES string of the molecule is CC/C=C/C=C/C=C/C=C/C=C/CCCC(=O)OC(COC(=O)CCCCC/C=C/C=C/C=C/C=C/CC)COC(=O)CCCCCCCCC/C=C/C/C=C/CCCCC. The molecule has 0 rings (SSSR count). The van der Waals surface area contributed by atoms with Crippen LogP contribution >= 0.6 is 0 Å². The molecule has 0 aromatic carbocycles. The molecule has 0 aromatic heterocycles. The lowest BCUT2D eigenvalue weighted by atomic mass is 10.1. The molecule has 0 aromatic rings. The molecule has 6 nitrogen and oxygen atoms in total. The minimum atomic E-state index is -0.838. The Morgan fingerprint density at radius 2 is 0.721 bits per heavy atom. The van der Waals surface area contributed by atoms with E-state index in [4.69, 9.17) is 14.2 Å². The first-order chi connectivity index (χ1) is 30.0. The Morgan fingerprint density at radius 1 is 0.361 bits per heavy atom. The van der Waals surface area contributed by atoms with E-state index in [-0.39, 0.29) is 38.0 Å². The highest BCUT2D eigenvalue weighted by molar-refractivity contribution is 5.71. The number of hydrogen-bond acceptors (Lipinski definition) is 6. The van der Waals surface area contributed by atoms with Crippen molar-refractivity contribution in [2.45, 2.75) is 181 Å². The molecule has 0 N–H and O–H groups in total. The van der Waals surface area contributed by atoms with Crippen molar-refractivity contribution in [3.63, 3.8) is 0 Å². The van der Waals surface area contributed by atoms with Crippen molar-refractivity contribution in [3.8, 4) is 0 Å². The molecule has 0 heterocycles. The predicted molar refractivity (Wildman–Crippen MR) is 260 cm³/mol. The largest absolute Gasteiger partial charge is 0.462 e. The Labute approximate surface area is 373 Å². The van der Waals surface area contributed by atoms with E-state index in [0.29, 0.717) is 12.8 Å². The Hall–Kier alpha value is -4.45. The van der Waals surface area contributed by atoms with Crippen molar-refractivity contribution in [2.75, 3.05) is 13.2 Å². The van der Waals surface area contributed by atoms with E-state index in [0.717, 1.165) is 77.0 Å². The Morgan fingerprint density at radius 3 is 1.20 bits per heavy atom. The first-order valence-electron chi connectivity index (χ1n) is 23.8. The smallest absolute Gasteiger partial charge is 0.306 e. The van der Waals surface area contributed by atoms with Gasteiger partial charge >= 0.3 is 17.9 Å². The van der Waals surface area contributed by atoms with Crippen molar-refractivity contribution >= 4 is 17.9 Å². The Bertz CT molecular complexity index is 1380. The molecule has 1 unspecified atom stereocenters. The fraction of sp³-hybridized carbons (Fsp3) is 0.545. The van der Waals surface area contributed by atoms with Gasteiger partial charge in [0.05, 0.1) is 0 Å². The molecule has 0 bridgehead atoms. The Balaban J connectivity index is 4.57. The summed E-state index contributed by atoms with van der Waals surface area (Å²) in [6, 6.07) is 0. The molecule has 340 valence electrons. The van der Waals surface area contributed by atoms with Gasteiger partial charge in [-0.15, -0.1) is 0 Å². The molecule has 0 saturated carbocycles. The molecule has 0 amide bonds. The van der Waals surface area contributed by atoms with Crippen molar-refractivity contribution in [1.82, 2.24) is 0 Å². The number of carbonyl (C=O) groups is 3. The number of ether oxygens (including phenoxy) is 3. The number of rotatable bonds is 40. The van der Waals surface area contributed by atoms with Crippen LogP contribution in [0.15, 0.2) is 134 Å². The van der Waals surface area contributed by atoms with E-state index >= 15 is 0 Å². The highest BCUT2D eigenvalue weighted by Gasteiger charge is 2.19. The van der Waals surface area contributed by atoms with Crippen molar-refractivity contribution in [3.05, 3.63) is 134 Å². The predicted octanol–water partition coefficient (Wildman–Crippen LogP) is 15.5. The maximum Gasteiger partial charge on any atom is 0.306 e. The highest BCUT2D eigenvalue weighted by atomic mass is 16.6. The standard InChI is InChI=1S/C55H84O6/c1-4-7-10-13-16-19-22-25-26-27-28-31-33-36-39-42-45-48-54(57)60-51-52(61-55(58)49-46-43-40-37-34-30-24-21-18-15-12-9-6-3)50-59-53(56)47-44-41-38-35-32-29-23-20-17-14-11-8-5-2/h8-9,11-12,14-21,23-26,29-30,32,34,37,40,52H,4-7,10,13,22,27-28,31,33,35-36,38-39,41-51H2,1-3H3/b11-8+,12-9+,17-14+,18-15+,19-16+,23-20+,24-21+,26-25+,32-29+,34-30+,40-37+. The average Bonchev–Trinajstić information content (AvgIpc) is 3.26. The average molecular weight is 841 g/mol. The van der Waals surface area contributed by atoms with Gasteiger partial charge in [-0.05, 0) is 83.5 Å². The van der Waals surface area contributed by atoms with Crippen LogP contribution in [0.2, 0.25) is 0 Å². The third-order valence-corrected chi connectivity index (χ3v) is 9.34. The summed E-state index contributed by atoms with van der Waals surface area (Å²) in [4.78, 5) is 37.8. The summed E-state index contributed by atoms with van der Waals surface area (Å²) in [5.74, 6) is -1.07. The lowest BCUT2D eigenvalue weighted by molar-refractivity contribution is -0.167. The number of hydrogen-bond donors (Lipinski definition) is 0. The van der Waals surface area contributed by atoms with Crippen LogP contribution in [0.4, 0.5) is 0 Å². The molecule has 0 fully saturated rings. The molecule has 6 heteroatoms. The minimum Gasteiger partial charge on any atom is -0.462 e. The van der Waals surface area contributed by atoms with Gasteiger partial charge < -0.3 is 14.2 Å². The normalized spacial score (nSPS) is 13.3. The van der Waals surface area contributed by atoms with Gasteiger partial charge in [0.2, 0.25) is 0 Å². The summed E-state index contributed by atoms with van der Waals surface area (Å²) in [6.07, 6.45) is 67.3. The van der Waals surface area contributed by atoms with E-state index in [9.17, 15) is 14.4 Å². The van der Waals surface area contributed by atoms with Gasteiger partial charge in [-0.1, -0.05) is 206 Å². The zero-order valence-electron chi connectivity index (χ0n) is 38.6. The summed E-state index contributed by atoms with van der Waals surface area (Å²) in [5.41, 5.74) is 0. The lowest BCUT2D eigenvalue weighted by Crippen LogP contribution is -2.30. The highest BCUT2D eigenvalue weighted by Crippen LogP contribution is 2.12. The van der Waals surface area contributed by atoms with Crippen LogP contribution in [0.3, 0.4) is 0 Å². The molecule has 0 aliphatic rings. The first kappa shape index (κ1) is 56.5. The summed E-state index contributed by atoms with van der Waals surface area (Å²) in [6.45, 7) is 6.19. The van der Waals surface area contributed by atoms with Crippen molar-refractivity contribution < 1.29 is 28.6 Å². The van der Waals surface area contributed by atoms with Crippen LogP contribution in [-0.4, -0.2) is 37.2 Å². The van der Waals surface area contributed by atoms with E-state index in [1.165, 1.54) is 51.4 Å². The van der Waals surface area contributed by atoms with Crippen LogP contribution in [0.25, 0.3) is 0 Å². The molecular weight excluding hydrogens is 757 g/mol. The maximum absolute atomic E-state index is 12.7. The zero-order chi connectivity index (χ0) is 44.4. The monoisotopic (exact) mass is 841 g/mol. The quantitative estimate of drug-likeness (QED) is 0.0201. The van der Waals surface area contributed by atoms with Gasteiger partial charge in [0.1, 0.15) is 13.2 Å². The number of carbonyl (C=O) groups excluding carboxylic acids is 3. The van der Waals surface area contributed by atoms with Gasteiger partial charge in [0.25, 0.3) is 0 Å². The van der Waals surface area contributed by atoms with Crippen LogP contribution in [-0.2, 0) is 28.6 Å². The maximum atomic E-state index is 12.7. The molecule has 0 aliphatic heterocycles. The van der Waals surface area contributed by atoms with E-state index in [2.05, 4.69) is 63.3 Å². The molecule has 0 spiro atoms. The van der Waals surface area contributed by atoms with Gasteiger partial charge in [-0.25, -0.2) is 0 Å². The second-order valence-electron chi connectivity index (χ2n) is 15.1. The van der Waals surface area contributed by atoms with E-state index in [1.807, 2.05) is 91.1 Å². The van der Waals surface area contributed by atoms with Crippen molar-refractivity contribution in [2.24, 2.45) is 0 Å². The van der Waals surface area contributed by atoms with E-state index in [1.54, 1.807) is 0 Å². The first-order valence-corrected chi connectivity index (χ1v) is 23.8. The lowest BCUT2D eigenvalue weighted by Gasteiger charge is -2.18. The van der Waals surface area contributed by atoms with Crippen LogP contribution < -0.4 is 0 Å². The molecule has 61 heavy (non-hydrogen) atoms. The molecule has 1 atom stereocenters. The Kier molecular flexibility index (Phi) is 44.7. The van der Waals surface area contributed by atoms with Crippen molar-refractivity contribution in [1.29, 1.82) is 0 Å². The van der Waals surface area contributed by atoms with Crippen LogP contribution in [0, 0.1) is 0 Å². The third kappa shape index (κ3) is 46.5. The number of allylic oxidation sites excluding steroid dienone is 22. The third-order valence-electron chi connectivity index (χ3n) is 9.34. The minimum absolute atomic E-state index is 0.129. The van der Waals surface area contributed by atoms with Gasteiger partial charge in [0.15, 0.2) is 6.10 Å². The molecule has 0 radical (unpaired) electrons. The fourth-order valence-electron chi connectivity index (χ4n) is 5.80. The van der Waals surface area contributed by atoms with Gasteiger partial charge in [0, 0.05) is 19.3 Å². The molecule has 0 saturated heterocycles. The summed E-state index contributed by atoms with van der Waals surface area (Å²) >= 11 is 0.